The summed E-state index contributed by atoms with van der Waals surface area (Å²) in [5.41, 5.74) is 7.53. The number of amides is 4. The summed E-state index contributed by atoms with van der Waals surface area (Å²) in [7, 11) is 2.57. The Hall–Kier alpha value is -7.22. The number of imidazole rings is 2. The number of aryl methyl sites for hydroxylation is 2. The van der Waals surface area contributed by atoms with E-state index >= 15 is 0 Å². The number of aromatic amines is 2. The number of ether oxygens (including phenoxy) is 2. The number of benzene rings is 4. The van der Waals surface area contributed by atoms with Gasteiger partial charge in [0, 0.05) is 13.1 Å². The van der Waals surface area contributed by atoms with Gasteiger partial charge in [-0.15, -0.1) is 0 Å². The minimum atomic E-state index is -0.873. The number of nitrogens with one attached hydrogen (secondary N) is 4. The third kappa shape index (κ3) is 9.24. The largest absolute Gasteiger partial charge is 0.453 e. The van der Waals surface area contributed by atoms with E-state index in [0.29, 0.717) is 35.9 Å². The Bertz CT molecular complexity index is 2300. The molecule has 14 heteroatoms. The van der Waals surface area contributed by atoms with E-state index in [0.717, 1.165) is 61.0 Å². The lowest BCUT2D eigenvalue weighted by atomic mass is 10.0. The van der Waals surface area contributed by atoms with Crippen molar-refractivity contribution < 1.29 is 28.7 Å². The number of hydrogen-bond acceptors (Lipinski definition) is 8. The summed E-state index contributed by atoms with van der Waals surface area (Å²) in [6.45, 7) is 1.12. The number of likely N-dealkylation sites (tertiary alicyclic amines) is 2. The summed E-state index contributed by atoms with van der Waals surface area (Å²) in [6, 6.07) is 33.0. The van der Waals surface area contributed by atoms with Crippen LogP contribution in [0.15, 0.2) is 122 Å². The third-order valence-electron chi connectivity index (χ3n) is 11.8. The minimum absolute atomic E-state index is 0.205. The zero-order chi connectivity index (χ0) is 43.0. The Balaban J connectivity index is 0.870. The standard InChI is InChI=1S/C48H50N8O6/c1-61-47(59)53-41(35-11-5-3-6-12-35)45(57)55-27-9-15-39(55)43-49-29-37(51-43)33-23-19-31(20-24-33)17-18-32-21-25-34(26-22-32)38-30-50-44(52-38)40-16-10-28-56(40)46(58)42(54-48(60)62-2)36-13-7-4-8-14-36/h3-8,11-14,19-26,29-30,39-42H,9-10,15-18,27-28H2,1-2H3,(H,49,51)(H,50,52)(H,53,59)(H,54,60)/t39-,40-,41+,42+/m0/s1. The molecule has 4 atom stereocenters. The topological polar surface area (TPSA) is 175 Å². The molecule has 4 aromatic carbocycles. The van der Waals surface area contributed by atoms with Crippen LogP contribution in [-0.4, -0.2) is 81.0 Å². The predicted octanol–water partition coefficient (Wildman–Crippen LogP) is 7.77. The SMILES string of the molecule is COC(=O)N[C@@H](C(=O)N1CCC[C@H]1c1ncc(-c2ccc(CCc3ccc(-c4cnc([C@@H]5CCCN5C(=O)[C@H](NC(=O)OC)c5ccccc5)[nH]4)cc3)cc2)[nH]1)c1ccccc1. The molecule has 2 aliphatic rings. The molecular weight excluding hydrogens is 785 g/mol. The van der Waals surface area contributed by atoms with E-state index in [2.05, 4.69) is 69.1 Å². The van der Waals surface area contributed by atoms with Gasteiger partial charge in [0.2, 0.25) is 0 Å². The maximum Gasteiger partial charge on any atom is 0.407 e. The summed E-state index contributed by atoms with van der Waals surface area (Å²) in [4.78, 5) is 72.1. The van der Waals surface area contributed by atoms with Crippen LogP contribution in [0.1, 0.15) is 83.8 Å². The van der Waals surface area contributed by atoms with Crippen LogP contribution >= 0.6 is 0 Å². The fourth-order valence-electron chi connectivity index (χ4n) is 8.48. The van der Waals surface area contributed by atoms with Gasteiger partial charge in [-0.25, -0.2) is 19.6 Å². The molecule has 4 N–H and O–H groups in total. The summed E-state index contributed by atoms with van der Waals surface area (Å²) in [5, 5.41) is 5.43. The highest BCUT2D eigenvalue weighted by Gasteiger charge is 2.38. The Morgan fingerprint density at radius 2 is 0.984 bits per heavy atom. The van der Waals surface area contributed by atoms with Crippen molar-refractivity contribution in [1.29, 1.82) is 0 Å². The van der Waals surface area contributed by atoms with Crippen LogP contribution in [0, 0.1) is 0 Å². The molecule has 8 rings (SSSR count). The monoisotopic (exact) mass is 834 g/mol. The molecule has 0 saturated carbocycles. The van der Waals surface area contributed by atoms with Gasteiger partial charge in [-0.1, -0.05) is 109 Å². The van der Waals surface area contributed by atoms with Gasteiger partial charge >= 0.3 is 12.2 Å². The Labute approximate surface area is 360 Å². The molecule has 0 unspecified atom stereocenters. The van der Waals surface area contributed by atoms with Crippen molar-refractivity contribution in [3.8, 4) is 22.5 Å². The third-order valence-corrected chi connectivity index (χ3v) is 11.8. The molecule has 0 radical (unpaired) electrons. The van der Waals surface area contributed by atoms with Gasteiger partial charge in [0.15, 0.2) is 0 Å². The van der Waals surface area contributed by atoms with E-state index < -0.39 is 24.3 Å². The van der Waals surface area contributed by atoms with Crippen LogP contribution in [0.4, 0.5) is 9.59 Å². The normalized spacial score (nSPS) is 17.0. The number of H-pyrrole nitrogens is 2. The second-order valence-corrected chi connectivity index (χ2v) is 15.6. The summed E-state index contributed by atoms with van der Waals surface area (Å²) < 4.78 is 9.66. The molecule has 4 heterocycles. The quantitative estimate of drug-likeness (QED) is 0.0913. The van der Waals surface area contributed by atoms with E-state index in [9.17, 15) is 19.2 Å². The van der Waals surface area contributed by atoms with Crippen molar-refractivity contribution in [2.24, 2.45) is 0 Å². The van der Waals surface area contributed by atoms with Crippen molar-refractivity contribution in [2.75, 3.05) is 27.3 Å². The first-order valence-electron chi connectivity index (χ1n) is 21.0. The molecule has 0 aliphatic carbocycles. The molecule has 2 aromatic heterocycles. The molecular formula is C48H50N8O6. The first-order valence-corrected chi connectivity index (χ1v) is 21.0. The number of nitrogens with zero attached hydrogens (tertiary/aromatic N) is 4. The van der Waals surface area contributed by atoms with Gasteiger partial charge < -0.3 is 39.9 Å². The van der Waals surface area contributed by atoms with E-state index in [1.54, 1.807) is 9.80 Å². The molecule has 0 bridgehead atoms. The Morgan fingerprint density at radius 1 is 0.597 bits per heavy atom. The minimum Gasteiger partial charge on any atom is -0.453 e. The fraction of sp³-hybridized carbons (Fsp3) is 0.292. The van der Waals surface area contributed by atoms with E-state index in [4.69, 9.17) is 19.4 Å². The highest BCUT2D eigenvalue weighted by molar-refractivity contribution is 5.88. The van der Waals surface area contributed by atoms with Crippen molar-refractivity contribution in [1.82, 2.24) is 40.4 Å². The number of aromatic nitrogens is 4. The molecule has 2 aliphatic heterocycles. The lowest BCUT2D eigenvalue weighted by Crippen LogP contribution is -2.42. The fourth-order valence-corrected chi connectivity index (χ4v) is 8.48. The molecule has 62 heavy (non-hydrogen) atoms. The van der Waals surface area contributed by atoms with E-state index in [-0.39, 0.29) is 23.9 Å². The summed E-state index contributed by atoms with van der Waals surface area (Å²) in [5.74, 6) is 1.02. The zero-order valence-electron chi connectivity index (χ0n) is 34.8. The van der Waals surface area contributed by atoms with Crippen LogP contribution in [-0.2, 0) is 31.9 Å². The lowest BCUT2D eigenvalue weighted by molar-refractivity contribution is -0.135. The maximum atomic E-state index is 13.9. The number of hydrogen-bond donors (Lipinski definition) is 4. The number of alkyl carbamates (subject to hydrolysis) is 2. The number of carbonyl (C=O) groups excluding carboxylic acids is 4. The average Bonchev–Trinajstić information content (AvgIpc) is 4.17. The van der Waals surface area contributed by atoms with Gasteiger partial charge in [0.25, 0.3) is 11.8 Å². The summed E-state index contributed by atoms with van der Waals surface area (Å²) >= 11 is 0. The van der Waals surface area contributed by atoms with Crippen molar-refractivity contribution in [2.45, 2.75) is 62.7 Å². The van der Waals surface area contributed by atoms with Crippen LogP contribution in [0.25, 0.3) is 22.5 Å². The molecule has 318 valence electrons. The first kappa shape index (κ1) is 41.5. The van der Waals surface area contributed by atoms with Crippen molar-refractivity contribution in [3.63, 3.8) is 0 Å². The van der Waals surface area contributed by atoms with Gasteiger partial charge in [-0.05, 0) is 71.9 Å². The second-order valence-electron chi connectivity index (χ2n) is 15.6. The van der Waals surface area contributed by atoms with Crippen LogP contribution in [0.2, 0.25) is 0 Å². The smallest absolute Gasteiger partial charge is 0.407 e. The van der Waals surface area contributed by atoms with E-state index in [1.165, 1.54) is 25.3 Å². The number of methoxy groups -OCH3 is 2. The Morgan fingerprint density at radius 3 is 1.35 bits per heavy atom. The van der Waals surface area contributed by atoms with E-state index in [1.807, 2.05) is 73.1 Å². The lowest BCUT2D eigenvalue weighted by Gasteiger charge is -2.28. The van der Waals surface area contributed by atoms with Gasteiger partial charge in [0.05, 0.1) is 50.1 Å². The van der Waals surface area contributed by atoms with Crippen LogP contribution in [0.3, 0.4) is 0 Å². The highest BCUT2D eigenvalue weighted by atomic mass is 16.5. The number of carbonyl (C=O) groups is 4. The average molecular weight is 835 g/mol. The highest BCUT2D eigenvalue weighted by Crippen LogP contribution is 2.36. The zero-order valence-corrected chi connectivity index (χ0v) is 34.8. The van der Waals surface area contributed by atoms with Crippen LogP contribution in [0.5, 0.6) is 0 Å². The second kappa shape index (κ2) is 19.0. The van der Waals surface area contributed by atoms with Gasteiger partial charge in [-0.2, -0.15) is 0 Å². The summed E-state index contributed by atoms with van der Waals surface area (Å²) in [6.07, 6.45) is 7.20. The van der Waals surface area contributed by atoms with Gasteiger partial charge in [0.1, 0.15) is 23.7 Å². The van der Waals surface area contributed by atoms with Crippen molar-refractivity contribution in [3.05, 3.63) is 155 Å². The maximum absolute atomic E-state index is 13.9. The van der Waals surface area contributed by atoms with Gasteiger partial charge in [-0.3, -0.25) is 9.59 Å². The Kier molecular flexibility index (Phi) is 12.7. The van der Waals surface area contributed by atoms with Crippen LogP contribution < -0.4 is 10.6 Å². The van der Waals surface area contributed by atoms with Crippen molar-refractivity contribution >= 4 is 24.0 Å². The molecule has 0 spiro atoms. The molecule has 2 fully saturated rings. The number of rotatable bonds is 13. The first-order chi connectivity index (χ1) is 30.3. The predicted molar refractivity (Wildman–Crippen MR) is 232 cm³/mol. The molecule has 2 saturated heterocycles. The molecule has 6 aromatic rings. The molecule has 4 amide bonds. The molecule has 14 nitrogen and oxygen atoms in total.